The lowest BCUT2D eigenvalue weighted by Crippen LogP contribution is -2.40. The number of ether oxygens (including phenoxy) is 2. The SMILES string of the molecule is C=C(C)COC(=O)/C=C/c1ccc(S(=O)(=O)N2CCOCC2)cc1. The van der Waals surface area contributed by atoms with Gasteiger partial charge in [-0.15, -0.1) is 0 Å². The largest absolute Gasteiger partial charge is 0.458 e. The molecule has 1 aromatic rings. The lowest BCUT2D eigenvalue weighted by molar-refractivity contribution is -0.136. The van der Waals surface area contributed by atoms with Gasteiger partial charge in [-0.3, -0.25) is 0 Å². The van der Waals surface area contributed by atoms with E-state index in [-0.39, 0.29) is 11.5 Å². The van der Waals surface area contributed by atoms with Crippen LogP contribution in [0.1, 0.15) is 12.5 Å². The Bertz CT molecular complexity index is 716. The topological polar surface area (TPSA) is 72.9 Å². The van der Waals surface area contributed by atoms with Gasteiger partial charge in [-0.2, -0.15) is 4.31 Å². The van der Waals surface area contributed by atoms with Gasteiger partial charge in [0.1, 0.15) is 6.61 Å². The molecular weight excluding hydrogens is 330 g/mol. The van der Waals surface area contributed by atoms with E-state index in [2.05, 4.69) is 6.58 Å². The number of carbonyl (C=O) groups is 1. The third-order valence-electron chi connectivity index (χ3n) is 3.36. The predicted octanol–water partition coefficient (Wildman–Crippen LogP) is 1.84. The van der Waals surface area contributed by atoms with Crippen LogP contribution in [-0.4, -0.2) is 51.6 Å². The number of rotatable bonds is 6. The van der Waals surface area contributed by atoms with Crippen molar-refractivity contribution in [3.63, 3.8) is 0 Å². The molecule has 6 nitrogen and oxygen atoms in total. The van der Waals surface area contributed by atoms with Crippen LogP contribution < -0.4 is 0 Å². The van der Waals surface area contributed by atoms with Crippen LogP contribution in [0.3, 0.4) is 0 Å². The average Bonchev–Trinajstić information content (AvgIpc) is 2.59. The van der Waals surface area contributed by atoms with E-state index in [1.807, 2.05) is 0 Å². The van der Waals surface area contributed by atoms with Crippen molar-refractivity contribution in [3.8, 4) is 0 Å². The molecule has 0 bridgehead atoms. The summed E-state index contributed by atoms with van der Waals surface area (Å²) in [5.41, 5.74) is 1.47. The molecule has 0 saturated carbocycles. The minimum Gasteiger partial charge on any atom is -0.458 e. The molecule has 1 aromatic carbocycles. The van der Waals surface area contributed by atoms with Gasteiger partial charge in [0, 0.05) is 19.2 Å². The first kappa shape index (κ1) is 18.4. The van der Waals surface area contributed by atoms with Crippen LogP contribution in [-0.2, 0) is 24.3 Å². The molecule has 7 heteroatoms. The second-order valence-electron chi connectivity index (χ2n) is 5.48. The molecule has 0 atom stereocenters. The van der Waals surface area contributed by atoms with Crippen molar-refractivity contribution in [2.45, 2.75) is 11.8 Å². The van der Waals surface area contributed by atoms with Gasteiger partial charge in [0.25, 0.3) is 0 Å². The Morgan fingerprint density at radius 3 is 2.50 bits per heavy atom. The molecule has 1 aliphatic heterocycles. The Hall–Kier alpha value is -1.96. The number of hydrogen-bond donors (Lipinski definition) is 0. The summed E-state index contributed by atoms with van der Waals surface area (Å²) >= 11 is 0. The zero-order valence-corrected chi connectivity index (χ0v) is 14.4. The second-order valence-corrected chi connectivity index (χ2v) is 7.42. The van der Waals surface area contributed by atoms with Crippen molar-refractivity contribution in [2.75, 3.05) is 32.9 Å². The van der Waals surface area contributed by atoms with Crippen LogP contribution in [0.5, 0.6) is 0 Å². The monoisotopic (exact) mass is 351 g/mol. The van der Waals surface area contributed by atoms with Gasteiger partial charge < -0.3 is 9.47 Å². The van der Waals surface area contributed by atoms with Crippen LogP contribution in [0, 0.1) is 0 Å². The van der Waals surface area contributed by atoms with Gasteiger partial charge >= 0.3 is 5.97 Å². The van der Waals surface area contributed by atoms with E-state index in [9.17, 15) is 13.2 Å². The summed E-state index contributed by atoms with van der Waals surface area (Å²) in [6.07, 6.45) is 2.88. The van der Waals surface area contributed by atoms with E-state index >= 15 is 0 Å². The van der Waals surface area contributed by atoms with Crippen LogP contribution in [0.2, 0.25) is 0 Å². The zero-order valence-electron chi connectivity index (χ0n) is 13.6. The van der Waals surface area contributed by atoms with Crippen LogP contribution in [0.4, 0.5) is 0 Å². The number of benzene rings is 1. The molecule has 0 aliphatic carbocycles. The number of esters is 1. The summed E-state index contributed by atoms with van der Waals surface area (Å²) < 4.78 is 36.5. The molecule has 24 heavy (non-hydrogen) atoms. The van der Waals surface area contributed by atoms with Crippen molar-refractivity contribution in [3.05, 3.63) is 48.1 Å². The van der Waals surface area contributed by atoms with Crippen molar-refractivity contribution in [2.24, 2.45) is 0 Å². The Kier molecular flexibility index (Phi) is 6.30. The lowest BCUT2D eigenvalue weighted by atomic mass is 10.2. The molecule has 0 amide bonds. The third-order valence-corrected chi connectivity index (χ3v) is 5.27. The molecule has 0 spiro atoms. The summed E-state index contributed by atoms with van der Waals surface area (Å²) in [5, 5.41) is 0. The molecule has 0 aromatic heterocycles. The lowest BCUT2D eigenvalue weighted by Gasteiger charge is -2.26. The van der Waals surface area contributed by atoms with Crippen molar-refractivity contribution >= 4 is 22.1 Å². The molecule has 1 heterocycles. The maximum atomic E-state index is 12.5. The van der Waals surface area contributed by atoms with Crippen LogP contribution in [0.15, 0.2) is 47.4 Å². The Morgan fingerprint density at radius 1 is 1.29 bits per heavy atom. The van der Waals surface area contributed by atoms with Crippen molar-refractivity contribution < 1.29 is 22.7 Å². The quantitative estimate of drug-likeness (QED) is 0.444. The minimum absolute atomic E-state index is 0.180. The highest BCUT2D eigenvalue weighted by atomic mass is 32.2. The predicted molar refractivity (Wildman–Crippen MR) is 90.8 cm³/mol. The Morgan fingerprint density at radius 2 is 1.92 bits per heavy atom. The van der Waals surface area contributed by atoms with E-state index in [4.69, 9.17) is 9.47 Å². The fourth-order valence-electron chi connectivity index (χ4n) is 2.09. The molecule has 0 unspecified atom stereocenters. The van der Waals surface area contributed by atoms with Crippen LogP contribution >= 0.6 is 0 Å². The first-order valence-corrected chi connectivity index (χ1v) is 9.01. The second kappa shape index (κ2) is 8.23. The summed E-state index contributed by atoms with van der Waals surface area (Å²) in [6.45, 7) is 7.13. The minimum atomic E-state index is -3.50. The van der Waals surface area contributed by atoms with Gasteiger partial charge in [-0.05, 0) is 36.3 Å². The van der Waals surface area contributed by atoms with E-state index in [0.29, 0.717) is 31.9 Å². The smallest absolute Gasteiger partial charge is 0.331 e. The van der Waals surface area contributed by atoms with E-state index in [1.54, 1.807) is 25.1 Å². The van der Waals surface area contributed by atoms with Crippen LogP contribution in [0.25, 0.3) is 6.08 Å². The average molecular weight is 351 g/mol. The molecule has 0 N–H and O–H groups in total. The molecular formula is C17H21NO5S. The number of sulfonamides is 1. The van der Waals surface area contributed by atoms with Crippen molar-refractivity contribution in [1.29, 1.82) is 0 Å². The number of carbonyl (C=O) groups excluding carboxylic acids is 1. The fraction of sp³-hybridized carbons (Fsp3) is 0.353. The zero-order chi connectivity index (χ0) is 17.6. The maximum absolute atomic E-state index is 12.5. The summed E-state index contributed by atoms with van der Waals surface area (Å²) in [6, 6.07) is 6.36. The Balaban J connectivity index is 2.02. The van der Waals surface area contributed by atoms with Gasteiger partial charge in [0.15, 0.2) is 0 Å². The molecule has 1 aliphatic rings. The summed E-state index contributed by atoms with van der Waals surface area (Å²) in [4.78, 5) is 11.7. The third kappa shape index (κ3) is 5.02. The van der Waals surface area contributed by atoms with Gasteiger partial charge in [-0.1, -0.05) is 18.7 Å². The van der Waals surface area contributed by atoms with Gasteiger partial charge in [-0.25, -0.2) is 13.2 Å². The standard InChI is InChI=1S/C17H21NO5S/c1-14(2)13-23-17(19)8-5-15-3-6-16(7-4-15)24(20,21)18-9-11-22-12-10-18/h3-8H,1,9-13H2,2H3/b8-5+. The fourth-order valence-corrected chi connectivity index (χ4v) is 3.50. The molecule has 0 radical (unpaired) electrons. The van der Waals surface area contributed by atoms with Crippen molar-refractivity contribution in [1.82, 2.24) is 4.31 Å². The number of hydrogen-bond acceptors (Lipinski definition) is 5. The van der Waals surface area contributed by atoms with E-state index in [1.165, 1.54) is 22.5 Å². The van der Waals surface area contributed by atoms with E-state index < -0.39 is 16.0 Å². The first-order valence-electron chi connectivity index (χ1n) is 7.57. The number of nitrogens with zero attached hydrogens (tertiary/aromatic N) is 1. The van der Waals surface area contributed by atoms with Gasteiger partial charge in [0.05, 0.1) is 18.1 Å². The highest BCUT2D eigenvalue weighted by molar-refractivity contribution is 7.89. The maximum Gasteiger partial charge on any atom is 0.331 e. The molecule has 2 rings (SSSR count). The molecule has 1 fully saturated rings. The first-order chi connectivity index (χ1) is 11.4. The molecule has 1 saturated heterocycles. The van der Waals surface area contributed by atoms with Gasteiger partial charge in [0.2, 0.25) is 10.0 Å². The normalized spacial score (nSPS) is 16.2. The highest BCUT2D eigenvalue weighted by Gasteiger charge is 2.25. The number of morpholine rings is 1. The van der Waals surface area contributed by atoms with E-state index in [0.717, 1.165) is 5.57 Å². The Labute approximate surface area is 142 Å². The highest BCUT2D eigenvalue weighted by Crippen LogP contribution is 2.18. The summed E-state index contributed by atoms with van der Waals surface area (Å²) in [7, 11) is -3.50. The molecule has 130 valence electrons. The summed E-state index contributed by atoms with van der Waals surface area (Å²) in [5.74, 6) is -0.469.